The molecule has 2 amide bonds. The van der Waals surface area contributed by atoms with Gasteiger partial charge in [0.05, 0.1) is 6.61 Å². The SMILES string of the molecule is CCOC(=O)[C@@H](NC(=O)NCc1ccccc1)C(F)(F)F. The average Bonchev–Trinajstić information content (AvgIpc) is 2.42. The van der Waals surface area contributed by atoms with Crippen LogP contribution in [-0.2, 0) is 16.1 Å². The fourth-order valence-corrected chi connectivity index (χ4v) is 1.46. The Kier molecular flexibility index (Phi) is 6.01. The van der Waals surface area contributed by atoms with Crippen LogP contribution in [0, 0.1) is 0 Å². The van der Waals surface area contributed by atoms with E-state index in [9.17, 15) is 22.8 Å². The molecule has 0 aliphatic rings. The number of halogens is 3. The number of rotatable bonds is 5. The fourth-order valence-electron chi connectivity index (χ4n) is 1.46. The monoisotopic (exact) mass is 304 g/mol. The average molecular weight is 304 g/mol. The van der Waals surface area contributed by atoms with Crippen LogP contribution in [0.2, 0.25) is 0 Å². The van der Waals surface area contributed by atoms with Crippen LogP contribution >= 0.6 is 0 Å². The van der Waals surface area contributed by atoms with Gasteiger partial charge in [0.25, 0.3) is 0 Å². The van der Waals surface area contributed by atoms with E-state index in [2.05, 4.69) is 10.1 Å². The Balaban J connectivity index is 2.58. The van der Waals surface area contributed by atoms with Crippen molar-refractivity contribution in [2.75, 3.05) is 6.61 Å². The number of benzene rings is 1. The summed E-state index contributed by atoms with van der Waals surface area (Å²) in [5, 5.41) is 3.80. The van der Waals surface area contributed by atoms with Crippen molar-refractivity contribution in [3.05, 3.63) is 35.9 Å². The molecule has 8 heteroatoms. The molecule has 1 atom stereocenters. The molecule has 0 saturated carbocycles. The standard InChI is InChI=1S/C13H15F3N2O3/c1-2-21-11(19)10(13(14,15)16)18-12(20)17-8-9-6-4-3-5-7-9/h3-7,10H,2,8H2,1H3,(H2,17,18,20)/t10-/m1/s1. The van der Waals surface area contributed by atoms with Crippen LogP contribution in [0.15, 0.2) is 30.3 Å². The predicted molar refractivity (Wildman–Crippen MR) is 68.3 cm³/mol. The maximum Gasteiger partial charge on any atom is 0.419 e. The highest BCUT2D eigenvalue weighted by Gasteiger charge is 2.47. The van der Waals surface area contributed by atoms with Crippen molar-refractivity contribution in [3.63, 3.8) is 0 Å². The Morgan fingerprint density at radius 2 is 1.86 bits per heavy atom. The molecule has 0 fully saturated rings. The molecule has 0 aromatic heterocycles. The summed E-state index contributed by atoms with van der Waals surface area (Å²) in [5.41, 5.74) is 0.715. The van der Waals surface area contributed by atoms with Gasteiger partial charge in [0, 0.05) is 6.54 Å². The largest absolute Gasteiger partial charge is 0.464 e. The fraction of sp³-hybridized carbons (Fsp3) is 0.385. The lowest BCUT2D eigenvalue weighted by molar-refractivity contribution is -0.182. The van der Waals surface area contributed by atoms with E-state index in [1.165, 1.54) is 6.92 Å². The number of urea groups is 1. The zero-order valence-corrected chi connectivity index (χ0v) is 11.2. The van der Waals surface area contributed by atoms with Crippen molar-refractivity contribution in [1.82, 2.24) is 10.6 Å². The minimum absolute atomic E-state index is 0.0417. The Labute approximate surface area is 119 Å². The summed E-state index contributed by atoms with van der Waals surface area (Å²) in [6.45, 7) is 1.21. The molecule has 0 heterocycles. The highest BCUT2D eigenvalue weighted by Crippen LogP contribution is 2.21. The number of carbonyl (C=O) groups is 2. The first-order valence-electron chi connectivity index (χ1n) is 6.16. The Hall–Kier alpha value is -2.25. The third-order valence-electron chi connectivity index (χ3n) is 2.42. The van der Waals surface area contributed by atoms with E-state index in [1.807, 2.05) is 0 Å². The van der Waals surface area contributed by atoms with Gasteiger partial charge in [-0.25, -0.2) is 9.59 Å². The van der Waals surface area contributed by atoms with Crippen molar-refractivity contribution in [3.8, 4) is 0 Å². The summed E-state index contributed by atoms with van der Waals surface area (Å²) < 4.78 is 42.3. The molecule has 1 aromatic carbocycles. The van der Waals surface area contributed by atoms with Gasteiger partial charge in [-0.05, 0) is 12.5 Å². The number of amides is 2. The van der Waals surface area contributed by atoms with Crippen molar-refractivity contribution < 1.29 is 27.5 Å². The third-order valence-corrected chi connectivity index (χ3v) is 2.42. The highest BCUT2D eigenvalue weighted by molar-refractivity contribution is 5.84. The van der Waals surface area contributed by atoms with Gasteiger partial charge in [-0.15, -0.1) is 0 Å². The summed E-state index contributed by atoms with van der Waals surface area (Å²) in [7, 11) is 0. The molecule has 1 aromatic rings. The summed E-state index contributed by atoms with van der Waals surface area (Å²) in [6, 6.07) is 4.84. The van der Waals surface area contributed by atoms with E-state index < -0.39 is 24.2 Å². The molecule has 1 rings (SSSR count). The van der Waals surface area contributed by atoms with Gasteiger partial charge in [-0.3, -0.25) is 0 Å². The van der Waals surface area contributed by atoms with E-state index in [-0.39, 0.29) is 13.2 Å². The van der Waals surface area contributed by atoms with E-state index in [4.69, 9.17) is 0 Å². The van der Waals surface area contributed by atoms with E-state index in [0.29, 0.717) is 5.56 Å². The molecular formula is C13H15F3N2O3. The van der Waals surface area contributed by atoms with Crippen LogP contribution < -0.4 is 10.6 Å². The molecule has 5 nitrogen and oxygen atoms in total. The highest BCUT2D eigenvalue weighted by atomic mass is 19.4. The first-order valence-corrected chi connectivity index (χ1v) is 6.16. The maximum atomic E-state index is 12.7. The second-order valence-corrected chi connectivity index (χ2v) is 4.04. The summed E-state index contributed by atoms with van der Waals surface area (Å²) >= 11 is 0. The first kappa shape index (κ1) is 16.8. The third kappa shape index (κ3) is 5.72. The Morgan fingerprint density at radius 3 is 2.38 bits per heavy atom. The van der Waals surface area contributed by atoms with E-state index >= 15 is 0 Å². The summed E-state index contributed by atoms with van der Waals surface area (Å²) in [6.07, 6.45) is -4.92. The van der Waals surface area contributed by atoms with Crippen molar-refractivity contribution in [1.29, 1.82) is 0 Å². The number of hydrogen-bond donors (Lipinski definition) is 2. The Bertz CT molecular complexity index is 477. The van der Waals surface area contributed by atoms with Gasteiger partial charge in [0.1, 0.15) is 0 Å². The number of hydrogen-bond acceptors (Lipinski definition) is 3. The topological polar surface area (TPSA) is 67.4 Å². The second kappa shape index (κ2) is 7.51. The predicted octanol–water partition coefficient (Wildman–Crippen LogP) is 1.98. The minimum Gasteiger partial charge on any atom is -0.464 e. The number of nitrogens with one attached hydrogen (secondary N) is 2. The van der Waals surface area contributed by atoms with E-state index in [1.54, 1.807) is 35.6 Å². The number of ether oxygens (including phenoxy) is 1. The van der Waals surface area contributed by atoms with Gasteiger partial charge < -0.3 is 15.4 Å². The molecule has 21 heavy (non-hydrogen) atoms. The van der Waals surface area contributed by atoms with Crippen LogP contribution in [-0.4, -0.2) is 30.8 Å². The van der Waals surface area contributed by atoms with Crippen LogP contribution in [0.5, 0.6) is 0 Å². The Morgan fingerprint density at radius 1 is 1.24 bits per heavy atom. The first-order chi connectivity index (χ1) is 9.84. The van der Waals surface area contributed by atoms with Crippen LogP contribution in [0.3, 0.4) is 0 Å². The number of alkyl halides is 3. The molecule has 0 spiro atoms. The van der Waals surface area contributed by atoms with E-state index in [0.717, 1.165) is 0 Å². The normalized spacial score (nSPS) is 12.4. The van der Waals surface area contributed by atoms with Gasteiger partial charge in [0.2, 0.25) is 6.04 Å². The molecule has 0 unspecified atom stereocenters. The lowest BCUT2D eigenvalue weighted by Gasteiger charge is -2.20. The van der Waals surface area contributed by atoms with Crippen molar-refractivity contribution in [2.45, 2.75) is 25.7 Å². The molecule has 0 aliphatic carbocycles. The molecular weight excluding hydrogens is 289 g/mol. The molecule has 2 N–H and O–H groups in total. The lowest BCUT2D eigenvalue weighted by Crippen LogP contribution is -2.54. The lowest BCUT2D eigenvalue weighted by atomic mass is 10.2. The van der Waals surface area contributed by atoms with Gasteiger partial charge >= 0.3 is 18.2 Å². The van der Waals surface area contributed by atoms with Crippen molar-refractivity contribution >= 4 is 12.0 Å². The quantitative estimate of drug-likeness (QED) is 0.817. The van der Waals surface area contributed by atoms with Crippen molar-refractivity contribution in [2.24, 2.45) is 0 Å². The van der Waals surface area contributed by atoms with Crippen LogP contribution in [0.1, 0.15) is 12.5 Å². The zero-order valence-electron chi connectivity index (χ0n) is 11.2. The molecule has 0 aliphatic heterocycles. The second-order valence-electron chi connectivity index (χ2n) is 4.04. The number of esters is 1. The minimum atomic E-state index is -4.92. The maximum absolute atomic E-state index is 12.7. The summed E-state index contributed by atoms with van der Waals surface area (Å²) in [5.74, 6) is -1.54. The van der Waals surface area contributed by atoms with Gasteiger partial charge in [-0.2, -0.15) is 13.2 Å². The van der Waals surface area contributed by atoms with Crippen LogP contribution in [0.25, 0.3) is 0 Å². The smallest absolute Gasteiger partial charge is 0.419 e. The van der Waals surface area contributed by atoms with Gasteiger partial charge in [-0.1, -0.05) is 30.3 Å². The zero-order chi connectivity index (χ0) is 15.9. The molecule has 116 valence electrons. The summed E-state index contributed by atoms with van der Waals surface area (Å²) in [4.78, 5) is 22.7. The van der Waals surface area contributed by atoms with Crippen LogP contribution in [0.4, 0.5) is 18.0 Å². The molecule has 0 bridgehead atoms. The number of carbonyl (C=O) groups excluding carboxylic acids is 2. The molecule has 0 radical (unpaired) electrons. The van der Waals surface area contributed by atoms with Gasteiger partial charge in [0.15, 0.2) is 0 Å². The molecule has 0 saturated heterocycles.